The lowest BCUT2D eigenvalue weighted by Gasteiger charge is -2.11. The third kappa shape index (κ3) is 1.80. The number of nitro groups is 1. The highest BCUT2D eigenvalue weighted by atomic mass is 16.6. The van der Waals surface area contributed by atoms with Crippen LogP contribution in [0.4, 0.5) is 0 Å². The van der Waals surface area contributed by atoms with Crippen LogP contribution in [0.25, 0.3) is 0 Å². The van der Waals surface area contributed by atoms with Crippen molar-refractivity contribution in [3.8, 4) is 0 Å². The number of nitrogens with zero attached hydrogens (tertiary/aromatic N) is 1. The first-order valence-corrected chi connectivity index (χ1v) is 5.50. The summed E-state index contributed by atoms with van der Waals surface area (Å²) in [6.07, 6.45) is 9.03. The highest BCUT2D eigenvalue weighted by Gasteiger charge is 2.33. The molecule has 0 aromatic carbocycles. The van der Waals surface area contributed by atoms with Crippen molar-refractivity contribution in [3.05, 3.63) is 45.6 Å². The molecule has 0 aliphatic heterocycles. The second-order valence-corrected chi connectivity index (χ2v) is 4.71. The van der Waals surface area contributed by atoms with E-state index in [2.05, 4.69) is 0 Å². The van der Waals surface area contributed by atoms with Gasteiger partial charge in [-0.3, -0.25) is 10.1 Å². The van der Waals surface area contributed by atoms with E-state index in [4.69, 9.17) is 5.73 Å². The fraction of sp³-hybridized carbons (Fsp3) is 0.500. The Bertz CT molecular complexity index is 381. The molecule has 0 spiro atoms. The summed E-state index contributed by atoms with van der Waals surface area (Å²) >= 11 is 0. The molecule has 0 aromatic rings. The van der Waals surface area contributed by atoms with Crippen LogP contribution in [0.5, 0.6) is 0 Å². The average Bonchev–Trinajstić information content (AvgIpc) is 2.59. The molecule has 0 unspecified atom stereocenters. The zero-order valence-electron chi connectivity index (χ0n) is 9.35. The molecule has 0 heterocycles. The molecule has 4 heteroatoms. The van der Waals surface area contributed by atoms with Gasteiger partial charge in [0.1, 0.15) is 0 Å². The van der Waals surface area contributed by atoms with E-state index in [9.17, 15) is 10.1 Å². The van der Waals surface area contributed by atoms with Gasteiger partial charge in [-0.15, -0.1) is 0 Å². The van der Waals surface area contributed by atoms with E-state index in [0.29, 0.717) is 12.5 Å². The van der Waals surface area contributed by atoms with Crippen molar-refractivity contribution in [2.24, 2.45) is 11.7 Å². The average molecular weight is 220 g/mol. The number of hydrogen-bond donors (Lipinski definition) is 1. The molecule has 0 radical (unpaired) electrons. The van der Waals surface area contributed by atoms with E-state index in [-0.39, 0.29) is 4.92 Å². The van der Waals surface area contributed by atoms with Crippen molar-refractivity contribution in [1.82, 2.24) is 0 Å². The van der Waals surface area contributed by atoms with Crippen molar-refractivity contribution < 1.29 is 4.92 Å². The van der Waals surface area contributed by atoms with E-state index in [1.807, 2.05) is 12.2 Å². The molecule has 4 nitrogen and oxygen atoms in total. The molecule has 2 aliphatic rings. The molecule has 0 bridgehead atoms. The Kier molecular flexibility index (Phi) is 2.68. The summed E-state index contributed by atoms with van der Waals surface area (Å²) in [6.45, 7) is 2.30. The van der Waals surface area contributed by atoms with Gasteiger partial charge < -0.3 is 5.73 Å². The van der Waals surface area contributed by atoms with E-state index in [1.54, 1.807) is 19.1 Å². The lowest BCUT2D eigenvalue weighted by molar-refractivity contribution is -0.535. The number of hydrogen-bond acceptors (Lipinski definition) is 3. The summed E-state index contributed by atoms with van der Waals surface area (Å²) in [5.74, 6) is 0.499. The maximum absolute atomic E-state index is 10.9. The minimum atomic E-state index is -1.07. The lowest BCUT2D eigenvalue weighted by atomic mass is 9.99. The van der Waals surface area contributed by atoms with Gasteiger partial charge in [0.25, 0.3) is 5.54 Å². The predicted octanol–water partition coefficient (Wildman–Crippen LogP) is 1.81. The minimum absolute atomic E-state index is 0.261. The Morgan fingerprint density at radius 2 is 1.94 bits per heavy atom. The Morgan fingerprint density at radius 3 is 2.31 bits per heavy atom. The number of allylic oxidation sites excluding steroid dienone is 4. The van der Waals surface area contributed by atoms with Crippen LogP contribution in [0.2, 0.25) is 0 Å². The fourth-order valence-corrected chi connectivity index (χ4v) is 2.19. The molecule has 0 saturated heterocycles. The van der Waals surface area contributed by atoms with E-state index in [0.717, 1.165) is 12.8 Å². The van der Waals surface area contributed by atoms with Crippen molar-refractivity contribution in [1.29, 1.82) is 0 Å². The lowest BCUT2D eigenvalue weighted by Crippen LogP contribution is -2.29. The third-order valence-corrected chi connectivity index (χ3v) is 3.40. The standard InChI is InChI=1S/C12H16N2O2/c1-12(14(15)16)4-2-10-6-9(8-13)7-11(10)3-5-12/h2-5,9H,6-8,13H2,1H3. The van der Waals surface area contributed by atoms with Gasteiger partial charge >= 0.3 is 0 Å². The number of nitrogens with two attached hydrogens (primary N) is 1. The molecule has 2 aliphatic carbocycles. The summed E-state index contributed by atoms with van der Waals surface area (Å²) in [5.41, 5.74) is 6.99. The Hall–Kier alpha value is -1.42. The van der Waals surface area contributed by atoms with Crippen molar-refractivity contribution in [2.75, 3.05) is 6.54 Å². The topological polar surface area (TPSA) is 69.2 Å². The largest absolute Gasteiger partial charge is 0.330 e. The molecule has 16 heavy (non-hydrogen) atoms. The molecule has 0 aromatic heterocycles. The molecular formula is C12H16N2O2. The van der Waals surface area contributed by atoms with Gasteiger partial charge in [-0.05, 0) is 48.6 Å². The number of rotatable bonds is 2. The highest BCUT2D eigenvalue weighted by molar-refractivity contribution is 5.42. The molecule has 86 valence electrons. The Balaban J connectivity index is 2.24. The van der Waals surface area contributed by atoms with E-state index in [1.165, 1.54) is 11.1 Å². The van der Waals surface area contributed by atoms with Crippen LogP contribution >= 0.6 is 0 Å². The van der Waals surface area contributed by atoms with Crippen LogP contribution in [0.15, 0.2) is 35.5 Å². The molecule has 2 N–H and O–H groups in total. The van der Waals surface area contributed by atoms with Crippen molar-refractivity contribution in [2.45, 2.75) is 25.3 Å². The van der Waals surface area contributed by atoms with Crippen LogP contribution in [-0.4, -0.2) is 17.0 Å². The third-order valence-electron chi connectivity index (χ3n) is 3.40. The monoisotopic (exact) mass is 220 g/mol. The van der Waals surface area contributed by atoms with Crippen LogP contribution in [0.3, 0.4) is 0 Å². The van der Waals surface area contributed by atoms with E-state index >= 15 is 0 Å². The predicted molar refractivity (Wildman–Crippen MR) is 62.5 cm³/mol. The van der Waals surface area contributed by atoms with Gasteiger partial charge in [0.2, 0.25) is 0 Å². The molecule has 0 atom stereocenters. The highest BCUT2D eigenvalue weighted by Crippen LogP contribution is 2.35. The normalized spacial score (nSPS) is 23.4. The molecule has 2 rings (SSSR count). The van der Waals surface area contributed by atoms with Crippen LogP contribution in [0.1, 0.15) is 19.8 Å². The summed E-state index contributed by atoms with van der Waals surface area (Å²) in [7, 11) is 0. The maximum Gasteiger partial charge on any atom is 0.256 e. The smallest absolute Gasteiger partial charge is 0.256 e. The molecular weight excluding hydrogens is 204 g/mol. The van der Waals surface area contributed by atoms with Crippen LogP contribution in [0, 0.1) is 16.0 Å². The zero-order chi connectivity index (χ0) is 11.8. The van der Waals surface area contributed by atoms with Gasteiger partial charge in [0, 0.05) is 11.8 Å². The summed E-state index contributed by atoms with van der Waals surface area (Å²) in [6, 6.07) is 0. The van der Waals surface area contributed by atoms with E-state index < -0.39 is 5.54 Å². The molecule has 0 saturated carbocycles. The SMILES string of the molecule is CC1([N+](=O)[O-])C=CC2=C(C=C1)CC(CN)C2. The zero-order valence-corrected chi connectivity index (χ0v) is 9.35. The first-order chi connectivity index (χ1) is 7.55. The van der Waals surface area contributed by atoms with Crippen molar-refractivity contribution >= 4 is 0 Å². The maximum atomic E-state index is 10.9. The second kappa shape index (κ2) is 3.87. The van der Waals surface area contributed by atoms with Gasteiger partial charge in [-0.25, -0.2) is 0 Å². The summed E-state index contributed by atoms with van der Waals surface area (Å²) < 4.78 is 0. The first kappa shape index (κ1) is 11.1. The van der Waals surface area contributed by atoms with Gasteiger partial charge in [0.15, 0.2) is 0 Å². The van der Waals surface area contributed by atoms with Gasteiger partial charge in [-0.1, -0.05) is 12.2 Å². The molecule has 0 fully saturated rings. The first-order valence-electron chi connectivity index (χ1n) is 5.50. The fourth-order valence-electron chi connectivity index (χ4n) is 2.19. The summed E-state index contributed by atoms with van der Waals surface area (Å²) in [5, 5.41) is 10.9. The van der Waals surface area contributed by atoms with Crippen LogP contribution < -0.4 is 5.73 Å². The Morgan fingerprint density at radius 1 is 1.44 bits per heavy atom. The minimum Gasteiger partial charge on any atom is -0.330 e. The quantitative estimate of drug-likeness (QED) is 0.570. The molecule has 0 amide bonds. The van der Waals surface area contributed by atoms with Crippen molar-refractivity contribution in [3.63, 3.8) is 0 Å². The van der Waals surface area contributed by atoms with Gasteiger partial charge in [-0.2, -0.15) is 0 Å². The Labute approximate surface area is 94.7 Å². The van der Waals surface area contributed by atoms with Gasteiger partial charge in [0.05, 0.1) is 0 Å². The second-order valence-electron chi connectivity index (χ2n) is 4.71. The summed E-state index contributed by atoms with van der Waals surface area (Å²) in [4.78, 5) is 10.7. The van der Waals surface area contributed by atoms with Crippen LogP contribution in [-0.2, 0) is 0 Å².